The number of alkyl halides is 4. The molecule has 6 rings (SSSR count). The monoisotopic (exact) mass is 605 g/mol. The first-order valence-corrected chi connectivity index (χ1v) is 14.0. The molecule has 0 spiro atoms. The van der Waals surface area contributed by atoms with Crippen LogP contribution in [0.3, 0.4) is 0 Å². The van der Waals surface area contributed by atoms with Crippen LogP contribution in [0.4, 0.5) is 33.6 Å². The standard InChI is InChI=1S/C21H20F4N8O.C7H12FN/c1-10-7-13(27)30-17(14(10)21(23,24)25)18-15(22)16-12(8-29-18)19(32-20(31-16)34-2)33-6-5-28-11(9-33)3-4-26;8-6-4-7-2-1-3-9(7)5-6/h7-8,11,28H,3,5-6,9H2,1-2H3,(H2,27,30);6-7H,1-5H2. The SMILES string of the molecule is COc1nc(N2CCNC(CC#N)C2)c2cnc(-c3nc(N)cc(C)c3C(F)(F)F)c(F)c2n1.FC1CC2CCCN2C1. The highest BCUT2D eigenvalue weighted by Crippen LogP contribution is 2.40. The molecule has 0 radical (unpaired) electrons. The van der Waals surface area contributed by atoms with Crippen LogP contribution < -0.4 is 20.7 Å². The summed E-state index contributed by atoms with van der Waals surface area (Å²) >= 11 is 0. The van der Waals surface area contributed by atoms with Gasteiger partial charge in [0.15, 0.2) is 5.82 Å². The van der Waals surface area contributed by atoms with Crippen LogP contribution in [0.25, 0.3) is 22.3 Å². The third kappa shape index (κ3) is 6.40. The molecule has 15 heteroatoms. The summed E-state index contributed by atoms with van der Waals surface area (Å²) < 4.78 is 74.8. The van der Waals surface area contributed by atoms with Crippen molar-refractivity contribution in [2.24, 2.45) is 0 Å². The average Bonchev–Trinajstić information content (AvgIpc) is 3.53. The van der Waals surface area contributed by atoms with Crippen molar-refractivity contribution in [1.29, 1.82) is 5.26 Å². The van der Waals surface area contributed by atoms with Crippen molar-refractivity contribution in [2.75, 3.05) is 50.5 Å². The molecule has 3 N–H and O–H groups in total. The number of pyridine rings is 2. The topological polar surface area (TPSA) is 129 Å². The molecule has 3 aromatic rings. The van der Waals surface area contributed by atoms with Gasteiger partial charge < -0.3 is 20.7 Å². The molecule has 0 aliphatic carbocycles. The molecule has 3 saturated heterocycles. The molecule has 3 atom stereocenters. The first-order valence-electron chi connectivity index (χ1n) is 14.0. The smallest absolute Gasteiger partial charge is 0.418 e. The molecule has 0 aromatic carbocycles. The summed E-state index contributed by atoms with van der Waals surface area (Å²) in [5.74, 6) is -1.00. The number of anilines is 2. The largest absolute Gasteiger partial charge is 0.467 e. The van der Waals surface area contributed by atoms with Crippen LogP contribution in [0, 0.1) is 24.1 Å². The minimum Gasteiger partial charge on any atom is -0.467 e. The molecular weight excluding hydrogens is 573 g/mol. The summed E-state index contributed by atoms with van der Waals surface area (Å²) in [7, 11) is 1.30. The van der Waals surface area contributed by atoms with Gasteiger partial charge in [-0.3, -0.25) is 9.88 Å². The number of hydrogen-bond acceptors (Lipinski definition) is 10. The lowest BCUT2D eigenvalue weighted by molar-refractivity contribution is -0.137. The number of nitrogens with one attached hydrogen (secondary N) is 1. The fourth-order valence-electron chi connectivity index (χ4n) is 6.04. The number of nitrogen functional groups attached to an aromatic ring is 1. The predicted octanol–water partition coefficient (Wildman–Crippen LogP) is 4.03. The number of aryl methyl sites for hydroxylation is 1. The third-order valence-electron chi connectivity index (χ3n) is 7.92. The van der Waals surface area contributed by atoms with Crippen molar-refractivity contribution in [1.82, 2.24) is 30.2 Å². The number of nitrogens with two attached hydrogens (primary N) is 1. The van der Waals surface area contributed by atoms with Crippen molar-refractivity contribution in [3.8, 4) is 23.5 Å². The number of aromatic nitrogens is 4. The maximum Gasteiger partial charge on any atom is 0.418 e. The Morgan fingerprint density at radius 1 is 1.19 bits per heavy atom. The van der Waals surface area contributed by atoms with Gasteiger partial charge >= 0.3 is 12.2 Å². The maximum absolute atomic E-state index is 15.7. The van der Waals surface area contributed by atoms with Gasteiger partial charge in [0, 0.05) is 44.5 Å². The van der Waals surface area contributed by atoms with Crippen LogP contribution in [0.15, 0.2) is 12.3 Å². The minimum atomic E-state index is -4.81. The van der Waals surface area contributed by atoms with E-state index in [1.165, 1.54) is 33.1 Å². The van der Waals surface area contributed by atoms with E-state index in [2.05, 4.69) is 36.2 Å². The Hall–Kier alpha value is -3.90. The Morgan fingerprint density at radius 3 is 2.67 bits per heavy atom. The van der Waals surface area contributed by atoms with Crippen LogP contribution in [0.1, 0.15) is 36.8 Å². The van der Waals surface area contributed by atoms with Crippen LogP contribution in [-0.4, -0.2) is 82.9 Å². The van der Waals surface area contributed by atoms with E-state index in [0.29, 0.717) is 38.0 Å². The van der Waals surface area contributed by atoms with Gasteiger partial charge in [0.1, 0.15) is 34.7 Å². The van der Waals surface area contributed by atoms with Crippen molar-refractivity contribution >= 4 is 22.5 Å². The predicted molar refractivity (Wildman–Crippen MR) is 150 cm³/mol. The second-order valence-corrected chi connectivity index (χ2v) is 10.9. The molecule has 3 fully saturated rings. The quantitative estimate of drug-likeness (QED) is 0.421. The molecule has 3 unspecified atom stereocenters. The highest BCUT2D eigenvalue weighted by molar-refractivity contribution is 5.92. The summed E-state index contributed by atoms with van der Waals surface area (Å²) in [5.41, 5.74) is 2.71. The molecule has 0 bridgehead atoms. The van der Waals surface area contributed by atoms with Gasteiger partial charge in [0.05, 0.1) is 30.5 Å². The molecular formula is C28H32F5N9O. The number of rotatable bonds is 4. The van der Waals surface area contributed by atoms with Gasteiger partial charge in [0.25, 0.3) is 0 Å². The fourth-order valence-corrected chi connectivity index (χ4v) is 6.04. The Bertz CT molecular complexity index is 1520. The zero-order valence-electron chi connectivity index (χ0n) is 23.8. The number of halogens is 5. The van der Waals surface area contributed by atoms with Crippen LogP contribution in [0.2, 0.25) is 0 Å². The molecule has 230 valence electrons. The first-order chi connectivity index (χ1) is 20.5. The van der Waals surface area contributed by atoms with E-state index in [-0.39, 0.29) is 40.8 Å². The molecule has 10 nitrogen and oxygen atoms in total. The van der Waals surface area contributed by atoms with Gasteiger partial charge in [-0.1, -0.05) is 0 Å². The zero-order valence-corrected chi connectivity index (χ0v) is 23.8. The molecule has 3 aromatic heterocycles. The summed E-state index contributed by atoms with van der Waals surface area (Å²) in [5, 5.41) is 12.4. The lowest BCUT2D eigenvalue weighted by Gasteiger charge is -2.34. The van der Waals surface area contributed by atoms with Gasteiger partial charge in [-0.25, -0.2) is 13.8 Å². The number of fused-ring (bicyclic) bond motifs is 2. The average molecular weight is 606 g/mol. The number of hydrogen-bond donors (Lipinski definition) is 2. The Labute approximate surface area is 245 Å². The molecule has 3 aliphatic heterocycles. The second kappa shape index (κ2) is 12.4. The normalized spacial score (nSPS) is 22.2. The molecule has 43 heavy (non-hydrogen) atoms. The number of nitriles is 1. The summed E-state index contributed by atoms with van der Waals surface area (Å²) in [6.45, 7) is 4.52. The molecule has 3 aliphatic rings. The van der Waals surface area contributed by atoms with Crippen molar-refractivity contribution < 1.29 is 26.7 Å². The second-order valence-electron chi connectivity index (χ2n) is 10.9. The van der Waals surface area contributed by atoms with E-state index in [4.69, 9.17) is 15.7 Å². The molecule has 0 amide bonds. The first kappa shape index (κ1) is 30.6. The van der Waals surface area contributed by atoms with Crippen LogP contribution in [-0.2, 0) is 6.18 Å². The van der Waals surface area contributed by atoms with Crippen LogP contribution >= 0.6 is 0 Å². The van der Waals surface area contributed by atoms with E-state index in [9.17, 15) is 17.6 Å². The number of ether oxygens (including phenoxy) is 1. The van der Waals surface area contributed by atoms with Crippen LogP contribution in [0.5, 0.6) is 6.01 Å². The number of piperazine rings is 1. The molecule has 0 saturated carbocycles. The van der Waals surface area contributed by atoms with Gasteiger partial charge in [-0.2, -0.15) is 28.4 Å². The molecule has 6 heterocycles. The lowest BCUT2D eigenvalue weighted by Crippen LogP contribution is -2.51. The lowest BCUT2D eigenvalue weighted by atomic mass is 10.0. The van der Waals surface area contributed by atoms with Gasteiger partial charge in [-0.15, -0.1) is 0 Å². The minimum absolute atomic E-state index is 0.138. The van der Waals surface area contributed by atoms with Gasteiger partial charge in [-0.05, 0) is 44.4 Å². The van der Waals surface area contributed by atoms with E-state index < -0.39 is 35.1 Å². The summed E-state index contributed by atoms with van der Waals surface area (Å²) in [6.07, 6.45) is -0.528. The Kier molecular flexibility index (Phi) is 8.79. The van der Waals surface area contributed by atoms with Crippen molar-refractivity contribution in [3.63, 3.8) is 0 Å². The zero-order chi connectivity index (χ0) is 30.9. The summed E-state index contributed by atoms with van der Waals surface area (Å²) in [6, 6.07) is 3.48. The van der Waals surface area contributed by atoms with E-state index in [0.717, 1.165) is 19.0 Å². The maximum atomic E-state index is 15.7. The highest BCUT2D eigenvalue weighted by Gasteiger charge is 2.38. The van der Waals surface area contributed by atoms with Crippen molar-refractivity contribution in [2.45, 2.75) is 57.0 Å². The number of nitrogens with zero attached hydrogens (tertiary/aromatic N) is 7. The summed E-state index contributed by atoms with van der Waals surface area (Å²) in [4.78, 5) is 20.2. The van der Waals surface area contributed by atoms with Gasteiger partial charge in [0.2, 0.25) is 0 Å². The third-order valence-corrected chi connectivity index (χ3v) is 7.92. The van der Waals surface area contributed by atoms with Crippen molar-refractivity contribution in [3.05, 3.63) is 29.2 Å². The Morgan fingerprint density at radius 2 is 1.98 bits per heavy atom. The van der Waals surface area contributed by atoms with E-state index >= 15 is 4.39 Å². The van der Waals surface area contributed by atoms with E-state index in [1.807, 2.05) is 4.90 Å². The highest BCUT2D eigenvalue weighted by atomic mass is 19.4. The number of methoxy groups -OCH3 is 1. The fraction of sp³-hybridized carbons (Fsp3) is 0.536. The Balaban J connectivity index is 0.000000345. The van der Waals surface area contributed by atoms with E-state index in [1.54, 1.807) is 0 Å².